The Morgan fingerprint density at radius 3 is 2.53 bits per heavy atom. The largest absolute Gasteiger partial charge is 0.418 e. The number of amides is 1. The lowest BCUT2D eigenvalue weighted by Crippen LogP contribution is -2.29. The van der Waals surface area contributed by atoms with E-state index in [0.29, 0.717) is 22.9 Å². The number of aromatic nitrogens is 3. The molecule has 0 saturated carbocycles. The van der Waals surface area contributed by atoms with Gasteiger partial charge in [0, 0.05) is 30.6 Å². The monoisotopic (exact) mass is 400 g/mol. The fourth-order valence-corrected chi connectivity index (χ4v) is 3.12. The molecule has 2 aromatic carbocycles. The Hall–Kier alpha value is -3.84. The number of hydrogen-bond donors (Lipinski definition) is 1. The van der Waals surface area contributed by atoms with Gasteiger partial charge in [0.15, 0.2) is 0 Å². The highest BCUT2D eigenvalue weighted by molar-refractivity contribution is 5.95. The van der Waals surface area contributed by atoms with Gasteiger partial charge in [-0.1, -0.05) is 36.4 Å². The fraction of sp³-hybridized carbons (Fsp3) is 0.130. The maximum Gasteiger partial charge on any atom is 0.252 e. The second-order valence-corrected chi connectivity index (χ2v) is 6.61. The molecule has 30 heavy (non-hydrogen) atoms. The van der Waals surface area contributed by atoms with Crippen LogP contribution in [0, 0.1) is 0 Å². The van der Waals surface area contributed by atoms with Gasteiger partial charge in [-0.2, -0.15) is 0 Å². The van der Waals surface area contributed by atoms with E-state index in [-0.39, 0.29) is 18.6 Å². The molecule has 0 saturated heterocycles. The molecule has 0 bridgehead atoms. The number of nitrogens with one attached hydrogen (secondary N) is 1. The lowest BCUT2D eigenvalue weighted by atomic mass is 9.99. The predicted octanol–water partition coefficient (Wildman–Crippen LogP) is 3.80. The summed E-state index contributed by atoms with van der Waals surface area (Å²) in [5.41, 5.74) is 3.09. The van der Waals surface area contributed by atoms with Crippen molar-refractivity contribution in [3.05, 3.63) is 102 Å². The summed E-state index contributed by atoms with van der Waals surface area (Å²) in [7, 11) is 1.56. The van der Waals surface area contributed by atoms with Crippen molar-refractivity contribution in [2.24, 2.45) is 0 Å². The van der Waals surface area contributed by atoms with Gasteiger partial charge in [0.2, 0.25) is 11.8 Å². The topological polar surface area (TPSA) is 90.1 Å². The minimum absolute atomic E-state index is 0.209. The molecular formula is C23H20N4O3. The van der Waals surface area contributed by atoms with E-state index in [9.17, 15) is 4.79 Å². The quantitative estimate of drug-likeness (QED) is 0.508. The molecule has 0 fully saturated rings. The van der Waals surface area contributed by atoms with Crippen molar-refractivity contribution in [1.29, 1.82) is 0 Å². The van der Waals surface area contributed by atoms with Crippen molar-refractivity contribution in [1.82, 2.24) is 20.5 Å². The first-order valence-corrected chi connectivity index (χ1v) is 9.42. The molecule has 4 aromatic rings. The third kappa shape index (κ3) is 4.42. The Bertz CT molecular complexity index is 1070. The van der Waals surface area contributed by atoms with Gasteiger partial charge in [-0.15, -0.1) is 10.2 Å². The molecule has 0 aliphatic rings. The number of ether oxygens (including phenoxy) is 1. The highest BCUT2D eigenvalue weighted by Crippen LogP contribution is 2.23. The third-order valence-electron chi connectivity index (χ3n) is 4.55. The number of hydrogen-bond acceptors (Lipinski definition) is 6. The number of carbonyl (C=O) groups excluding carboxylic acids is 1. The molecule has 0 radical (unpaired) electrons. The Kier molecular flexibility index (Phi) is 5.91. The fourth-order valence-electron chi connectivity index (χ4n) is 3.12. The summed E-state index contributed by atoms with van der Waals surface area (Å²) < 4.78 is 10.6. The van der Waals surface area contributed by atoms with Crippen molar-refractivity contribution >= 4 is 5.91 Å². The van der Waals surface area contributed by atoms with Gasteiger partial charge in [-0.3, -0.25) is 9.78 Å². The van der Waals surface area contributed by atoms with E-state index < -0.39 is 0 Å². The summed E-state index contributed by atoms with van der Waals surface area (Å²) in [4.78, 5) is 17.2. The molecule has 150 valence electrons. The zero-order valence-electron chi connectivity index (χ0n) is 16.4. The zero-order valence-corrected chi connectivity index (χ0v) is 16.4. The second-order valence-electron chi connectivity index (χ2n) is 6.61. The van der Waals surface area contributed by atoms with E-state index in [1.165, 1.54) is 0 Å². The van der Waals surface area contributed by atoms with Crippen molar-refractivity contribution in [3.63, 3.8) is 0 Å². The van der Waals surface area contributed by atoms with Crippen LogP contribution in [0.25, 0.3) is 11.5 Å². The molecule has 1 atom stereocenters. The lowest BCUT2D eigenvalue weighted by Gasteiger charge is -2.20. The van der Waals surface area contributed by atoms with Crippen molar-refractivity contribution in [3.8, 4) is 11.5 Å². The van der Waals surface area contributed by atoms with Crippen LogP contribution in [0.4, 0.5) is 0 Å². The molecule has 1 N–H and O–H groups in total. The smallest absolute Gasteiger partial charge is 0.252 e. The summed E-state index contributed by atoms with van der Waals surface area (Å²) in [6.07, 6.45) is 3.43. The Balaban J connectivity index is 1.60. The number of carbonyl (C=O) groups is 1. The Labute approximate surface area is 173 Å². The summed E-state index contributed by atoms with van der Waals surface area (Å²) in [6.45, 7) is 0.234. The molecule has 2 heterocycles. The third-order valence-corrected chi connectivity index (χ3v) is 4.55. The first kappa shape index (κ1) is 19.5. The average molecular weight is 400 g/mol. The van der Waals surface area contributed by atoms with E-state index in [1.54, 1.807) is 37.7 Å². The normalized spacial score (nSPS) is 11.8. The molecule has 0 spiro atoms. The van der Waals surface area contributed by atoms with E-state index in [0.717, 1.165) is 11.1 Å². The van der Waals surface area contributed by atoms with E-state index in [2.05, 4.69) is 20.5 Å². The van der Waals surface area contributed by atoms with Crippen molar-refractivity contribution in [2.45, 2.75) is 12.6 Å². The van der Waals surface area contributed by atoms with Gasteiger partial charge in [0.1, 0.15) is 6.61 Å². The summed E-state index contributed by atoms with van der Waals surface area (Å²) in [6, 6.07) is 20.4. The minimum atomic E-state index is -0.304. The summed E-state index contributed by atoms with van der Waals surface area (Å²) >= 11 is 0. The summed E-state index contributed by atoms with van der Waals surface area (Å²) in [5, 5.41) is 11.1. The molecule has 1 amide bonds. The van der Waals surface area contributed by atoms with Gasteiger partial charge in [-0.05, 0) is 41.5 Å². The van der Waals surface area contributed by atoms with Crippen LogP contribution in [0.3, 0.4) is 0 Å². The van der Waals surface area contributed by atoms with Crippen LogP contribution < -0.4 is 5.32 Å². The highest BCUT2D eigenvalue weighted by atomic mass is 16.5. The van der Waals surface area contributed by atoms with Crippen molar-refractivity contribution in [2.75, 3.05) is 7.11 Å². The van der Waals surface area contributed by atoms with Crippen LogP contribution in [0.1, 0.15) is 33.4 Å². The number of rotatable bonds is 7. The molecule has 0 aliphatic carbocycles. The van der Waals surface area contributed by atoms with Gasteiger partial charge in [0.25, 0.3) is 5.91 Å². The van der Waals surface area contributed by atoms with Crippen LogP contribution in [-0.4, -0.2) is 28.2 Å². The molecular weight excluding hydrogens is 380 g/mol. The van der Waals surface area contributed by atoms with Gasteiger partial charge in [0.05, 0.1) is 6.04 Å². The number of methoxy groups -OCH3 is 1. The SMILES string of the molecule is COCc1nnc(-c2cccc(C(=O)N[C@@H](c3ccccc3)c3ccncc3)c2)o1. The maximum atomic E-state index is 13.1. The average Bonchev–Trinajstić information content (AvgIpc) is 3.27. The zero-order chi connectivity index (χ0) is 20.8. The molecule has 0 aliphatic heterocycles. The maximum absolute atomic E-state index is 13.1. The van der Waals surface area contributed by atoms with Crippen molar-refractivity contribution < 1.29 is 13.9 Å². The van der Waals surface area contributed by atoms with Crippen LogP contribution >= 0.6 is 0 Å². The second kappa shape index (κ2) is 9.11. The number of benzene rings is 2. The van der Waals surface area contributed by atoms with Crippen LogP contribution in [0.5, 0.6) is 0 Å². The van der Waals surface area contributed by atoms with E-state index in [1.807, 2.05) is 48.5 Å². The first-order chi connectivity index (χ1) is 14.7. The van der Waals surface area contributed by atoms with Gasteiger partial charge in [-0.25, -0.2) is 0 Å². The molecule has 7 nitrogen and oxygen atoms in total. The Morgan fingerprint density at radius 1 is 1.00 bits per heavy atom. The first-order valence-electron chi connectivity index (χ1n) is 9.42. The lowest BCUT2D eigenvalue weighted by molar-refractivity contribution is 0.0943. The van der Waals surface area contributed by atoms with Gasteiger partial charge < -0.3 is 14.5 Å². The highest BCUT2D eigenvalue weighted by Gasteiger charge is 2.18. The minimum Gasteiger partial charge on any atom is -0.418 e. The van der Waals surface area contributed by atoms with Crippen LogP contribution in [-0.2, 0) is 11.3 Å². The van der Waals surface area contributed by atoms with E-state index in [4.69, 9.17) is 9.15 Å². The molecule has 0 unspecified atom stereocenters. The standard InChI is InChI=1S/C23H20N4O3/c1-29-15-20-26-27-23(30-20)19-9-5-8-18(14-19)22(28)25-21(16-6-3-2-4-7-16)17-10-12-24-13-11-17/h2-14,21H,15H2,1H3,(H,25,28)/t21-/m0/s1. The van der Waals surface area contributed by atoms with Crippen LogP contribution in [0.2, 0.25) is 0 Å². The Morgan fingerprint density at radius 2 is 1.77 bits per heavy atom. The van der Waals surface area contributed by atoms with E-state index >= 15 is 0 Å². The predicted molar refractivity (Wildman–Crippen MR) is 110 cm³/mol. The number of pyridine rings is 1. The molecule has 7 heteroatoms. The molecule has 4 rings (SSSR count). The van der Waals surface area contributed by atoms with Crippen LogP contribution in [0.15, 0.2) is 83.5 Å². The number of nitrogens with zero attached hydrogens (tertiary/aromatic N) is 3. The van der Waals surface area contributed by atoms with Gasteiger partial charge >= 0.3 is 0 Å². The molecule has 2 aromatic heterocycles. The summed E-state index contributed by atoms with van der Waals surface area (Å²) in [5.74, 6) is 0.508.